The quantitative estimate of drug-likeness (QED) is 0.877. The number of aryl methyl sites for hydroxylation is 1. The first-order valence-corrected chi connectivity index (χ1v) is 8.23. The summed E-state index contributed by atoms with van der Waals surface area (Å²) < 4.78 is 28.0. The molecule has 9 heteroatoms. The first-order chi connectivity index (χ1) is 8.50. The average molecular weight is 351 g/mol. The molecule has 0 radical (unpaired) electrons. The fourth-order valence-electron chi connectivity index (χ4n) is 1.44. The van der Waals surface area contributed by atoms with Gasteiger partial charge in [0.2, 0.25) is 5.03 Å². The molecule has 1 N–H and O–H groups in total. The van der Waals surface area contributed by atoms with Crippen LogP contribution in [0.3, 0.4) is 0 Å². The summed E-state index contributed by atoms with van der Waals surface area (Å²) in [5, 5.41) is 9.30. The molecular weight excluding hydrogens is 340 g/mol. The largest absolute Gasteiger partial charge is 0.260 e. The van der Waals surface area contributed by atoms with E-state index in [4.69, 9.17) is 0 Å². The van der Waals surface area contributed by atoms with Crippen LogP contribution in [0.25, 0.3) is 0 Å². The van der Waals surface area contributed by atoms with E-state index in [2.05, 4.69) is 31.0 Å². The zero-order valence-corrected chi connectivity index (χ0v) is 12.7. The molecule has 2 rings (SSSR count). The Bertz CT molecular complexity index is 602. The number of aromatic nitrogens is 3. The number of thiophene rings is 1. The van der Waals surface area contributed by atoms with E-state index >= 15 is 0 Å². The summed E-state index contributed by atoms with van der Waals surface area (Å²) in [6.07, 6.45) is 0.666. The molecule has 0 spiro atoms. The van der Waals surface area contributed by atoms with Gasteiger partial charge in [0.05, 0.1) is 0 Å². The van der Waals surface area contributed by atoms with Gasteiger partial charge in [0.15, 0.2) is 4.60 Å². The van der Waals surface area contributed by atoms with Gasteiger partial charge in [-0.1, -0.05) is 11.3 Å². The highest BCUT2D eigenvalue weighted by atomic mass is 79.9. The number of nitrogens with one attached hydrogen (secondary N) is 1. The lowest BCUT2D eigenvalue weighted by atomic mass is 10.3. The summed E-state index contributed by atoms with van der Waals surface area (Å²) in [5.41, 5.74) is 0. The van der Waals surface area contributed by atoms with Crippen molar-refractivity contribution < 1.29 is 8.42 Å². The van der Waals surface area contributed by atoms with Gasteiger partial charge in [0, 0.05) is 18.5 Å². The normalized spacial score (nSPS) is 11.9. The van der Waals surface area contributed by atoms with Crippen molar-refractivity contribution in [1.29, 1.82) is 0 Å². The van der Waals surface area contributed by atoms with E-state index < -0.39 is 10.0 Å². The number of hydrogen-bond acceptors (Lipinski definition) is 5. The lowest BCUT2D eigenvalue weighted by molar-refractivity contribution is 0.560. The molecule has 18 heavy (non-hydrogen) atoms. The summed E-state index contributed by atoms with van der Waals surface area (Å²) in [5.74, 6) is 0. The SMILES string of the molecule is Cn1nnc(Br)c1S(=O)(=O)NCCc1cccs1. The van der Waals surface area contributed by atoms with Crippen molar-refractivity contribution in [3.8, 4) is 0 Å². The molecule has 2 heterocycles. The van der Waals surface area contributed by atoms with E-state index in [1.165, 1.54) is 11.7 Å². The maximum Gasteiger partial charge on any atom is 0.260 e. The molecule has 0 aliphatic heterocycles. The second-order valence-electron chi connectivity index (χ2n) is 3.54. The lowest BCUT2D eigenvalue weighted by Crippen LogP contribution is -2.28. The van der Waals surface area contributed by atoms with Crippen LogP contribution < -0.4 is 4.72 Å². The van der Waals surface area contributed by atoms with Gasteiger partial charge in [-0.25, -0.2) is 17.8 Å². The number of hydrogen-bond donors (Lipinski definition) is 1. The van der Waals surface area contributed by atoms with Crippen LogP contribution in [-0.4, -0.2) is 30.0 Å². The molecule has 98 valence electrons. The van der Waals surface area contributed by atoms with Gasteiger partial charge in [-0.15, -0.1) is 16.4 Å². The number of rotatable bonds is 5. The highest BCUT2D eigenvalue weighted by Gasteiger charge is 2.23. The van der Waals surface area contributed by atoms with Gasteiger partial charge in [-0.05, 0) is 33.8 Å². The fourth-order valence-corrected chi connectivity index (χ4v) is 4.27. The van der Waals surface area contributed by atoms with Crippen LogP contribution in [0.2, 0.25) is 0 Å². The molecule has 0 fully saturated rings. The van der Waals surface area contributed by atoms with Gasteiger partial charge in [-0.3, -0.25) is 0 Å². The van der Waals surface area contributed by atoms with Crippen molar-refractivity contribution in [3.63, 3.8) is 0 Å². The Labute approximate surface area is 117 Å². The van der Waals surface area contributed by atoms with E-state index in [0.717, 1.165) is 4.88 Å². The zero-order chi connectivity index (χ0) is 13.2. The van der Waals surface area contributed by atoms with Gasteiger partial charge >= 0.3 is 0 Å². The van der Waals surface area contributed by atoms with Crippen molar-refractivity contribution in [1.82, 2.24) is 19.7 Å². The molecule has 0 amide bonds. The number of sulfonamides is 1. The third-order valence-corrected chi connectivity index (χ3v) is 5.52. The van der Waals surface area contributed by atoms with E-state index in [1.807, 2.05) is 17.5 Å². The van der Waals surface area contributed by atoms with Crippen molar-refractivity contribution >= 4 is 37.3 Å². The van der Waals surface area contributed by atoms with Crippen molar-refractivity contribution in [2.24, 2.45) is 7.05 Å². The molecular formula is C9H11BrN4O2S2. The molecule has 2 aromatic rings. The van der Waals surface area contributed by atoms with Crippen LogP contribution in [0, 0.1) is 0 Å². The molecule has 0 aliphatic rings. The molecule has 6 nitrogen and oxygen atoms in total. The Balaban J connectivity index is 2.04. The van der Waals surface area contributed by atoms with Crippen molar-refractivity contribution in [2.75, 3.05) is 6.54 Å². The maximum atomic E-state index is 12.0. The van der Waals surface area contributed by atoms with Gasteiger partial charge in [0.1, 0.15) is 0 Å². The summed E-state index contributed by atoms with van der Waals surface area (Å²) in [4.78, 5) is 1.14. The average Bonchev–Trinajstić information content (AvgIpc) is 2.89. The third kappa shape index (κ3) is 2.97. The van der Waals surface area contributed by atoms with Crippen LogP contribution in [0.15, 0.2) is 27.1 Å². The summed E-state index contributed by atoms with van der Waals surface area (Å²) in [6, 6.07) is 3.91. The number of nitrogens with zero attached hydrogens (tertiary/aromatic N) is 3. The highest BCUT2D eigenvalue weighted by molar-refractivity contribution is 9.10. The monoisotopic (exact) mass is 350 g/mol. The van der Waals surface area contributed by atoms with Crippen molar-refractivity contribution in [3.05, 3.63) is 27.0 Å². The molecule has 0 saturated heterocycles. The predicted octanol–water partition coefficient (Wildman–Crippen LogP) is 1.16. The predicted molar refractivity (Wildman–Crippen MR) is 71.9 cm³/mol. The highest BCUT2D eigenvalue weighted by Crippen LogP contribution is 2.17. The first-order valence-electron chi connectivity index (χ1n) is 5.08. The molecule has 0 atom stereocenters. The Morgan fingerprint density at radius 3 is 2.89 bits per heavy atom. The molecule has 0 unspecified atom stereocenters. The Morgan fingerprint density at radius 2 is 2.33 bits per heavy atom. The van der Waals surface area contributed by atoms with E-state index in [-0.39, 0.29) is 9.63 Å². The molecule has 2 aromatic heterocycles. The topological polar surface area (TPSA) is 76.9 Å². The van der Waals surface area contributed by atoms with Crippen LogP contribution in [-0.2, 0) is 23.5 Å². The Kier molecular flexibility index (Phi) is 4.15. The second-order valence-corrected chi connectivity index (χ2v) is 7.00. The van der Waals surface area contributed by atoms with Gasteiger partial charge in [0.25, 0.3) is 10.0 Å². The lowest BCUT2D eigenvalue weighted by Gasteiger charge is -2.05. The van der Waals surface area contributed by atoms with Crippen LogP contribution in [0.1, 0.15) is 4.88 Å². The Morgan fingerprint density at radius 1 is 1.56 bits per heavy atom. The third-order valence-electron chi connectivity index (χ3n) is 2.24. The van der Waals surface area contributed by atoms with Crippen LogP contribution in [0.5, 0.6) is 0 Å². The molecule has 0 aromatic carbocycles. The van der Waals surface area contributed by atoms with Crippen molar-refractivity contribution in [2.45, 2.75) is 11.4 Å². The minimum absolute atomic E-state index is 0.0358. The van der Waals surface area contributed by atoms with E-state index in [1.54, 1.807) is 11.3 Å². The fraction of sp³-hybridized carbons (Fsp3) is 0.333. The zero-order valence-electron chi connectivity index (χ0n) is 9.50. The molecule has 0 bridgehead atoms. The smallest absolute Gasteiger partial charge is 0.235 e. The molecule has 0 saturated carbocycles. The standard InChI is InChI=1S/C9H11BrN4O2S2/c1-14-9(8(10)12-13-14)18(15,16)11-5-4-7-3-2-6-17-7/h2-3,6,11H,4-5H2,1H3. The van der Waals surface area contributed by atoms with Crippen LogP contribution in [0.4, 0.5) is 0 Å². The maximum absolute atomic E-state index is 12.0. The summed E-state index contributed by atoms with van der Waals surface area (Å²) >= 11 is 4.68. The Hall–Kier alpha value is -0.770. The minimum Gasteiger partial charge on any atom is -0.235 e. The number of halogens is 1. The van der Waals surface area contributed by atoms with Gasteiger partial charge in [-0.2, -0.15) is 0 Å². The minimum atomic E-state index is -3.59. The van der Waals surface area contributed by atoms with E-state index in [0.29, 0.717) is 13.0 Å². The first kappa shape index (κ1) is 13.7. The van der Waals surface area contributed by atoms with Crippen LogP contribution >= 0.6 is 27.3 Å². The van der Waals surface area contributed by atoms with Gasteiger partial charge < -0.3 is 0 Å². The summed E-state index contributed by atoms with van der Waals surface area (Å²) in [7, 11) is -2.05. The second kappa shape index (κ2) is 5.47. The summed E-state index contributed by atoms with van der Waals surface area (Å²) in [6.45, 7) is 0.348. The van der Waals surface area contributed by atoms with E-state index in [9.17, 15) is 8.42 Å². The molecule has 0 aliphatic carbocycles.